The standard InChI is InChI=1S/C17H19NO3S/c1-4-21-17(20)13-7-5-6-8-15(13)22-16-10-9-12(18(2)3)11-14(16)19/h5-11,19H,4H2,1-3H3. The monoisotopic (exact) mass is 317 g/mol. The van der Waals surface area contributed by atoms with Crippen LogP contribution < -0.4 is 4.90 Å². The van der Waals surface area contributed by atoms with Crippen LogP contribution in [0.2, 0.25) is 0 Å². The number of phenolic OH excluding ortho intramolecular Hbond substituents is 1. The van der Waals surface area contributed by atoms with Crippen molar-refractivity contribution >= 4 is 23.4 Å². The predicted molar refractivity (Wildman–Crippen MR) is 89.0 cm³/mol. The normalized spacial score (nSPS) is 10.3. The molecule has 0 saturated carbocycles. The van der Waals surface area contributed by atoms with Crippen molar-refractivity contribution in [1.29, 1.82) is 0 Å². The van der Waals surface area contributed by atoms with Gasteiger partial charge in [0.25, 0.3) is 0 Å². The van der Waals surface area contributed by atoms with E-state index in [1.54, 1.807) is 25.1 Å². The van der Waals surface area contributed by atoms with E-state index < -0.39 is 0 Å². The van der Waals surface area contributed by atoms with Crippen molar-refractivity contribution in [2.45, 2.75) is 16.7 Å². The summed E-state index contributed by atoms with van der Waals surface area (Å²) in [5.74, 6) is -0.162. The van der Waals surface area contributed by atoms with Crippen molar-refractivity contribution in [3.63, 3.8) is 0 Å². The molecule has 0 aromatic heterocycles. The lowest BCUT2D eigenvalue weighted by Crippen LogP contribution is -2.08. The molecular formula is C17H19NO3S. The number of benzene rings is 2. The van der Waals surface area contributed by atoms with E-state index in [9.17, 15) is 9.90 Å². The average Bonchev–Trinajstić information content (AvgIpc) is 2.50. The molecule has 0 radical (unpaired) electrons. The van der Waals surface area contributed by atoms with Crippen LogP contribution in [0.1, 0.15) is 17.3 Å². The molecule has 0 unspecified atom stereocenters. The second kappa shape index (κ2) is 7.22. The molecule has 0 amide bonds. The minimum atomic E-state index is -0.352. The van der Waals surface area contributed by atoms with Crippen molar-refractivity contribution < 1.29 is 14.6 Å². The molecule has 0 heterocycles. The zero-order chi connectivity index (χ0) is 16.1. The number of carbonyl (C=O) groups excluding carboxylic acids is 1. The first-order chi connectivity index (χ1) is 10.5. The Balaban J connectivity index is 2.30. The molecule has 0 bridgehead atoms. The van der Waals surface area contributed by atoms with E-state index in [1.807, 2.05) is 43.3 Å². The summed E-state index contributed by atoms with van der Waals surface area (Å²) in [5, 5.41) is 10.2. The van der Waals surface area contributed by atoms with Gasteiger partial charge in [0.1, 0.15) is 5.75 Å². The molecule has 2 aromatic rings. The minimum absolute atomic E-state index is 0.190. The van der Waals surface area contributed by atoms with Gasteiger partial charge in [-0.05, 0) is 31.2 Å². The third-order valence-corrected chi connectivity index (χ3v) is 4.20. The molecule has 0 fully saturated rings. The molecule has 0 aliphatic heterocycles. The minimum Gasteiger partial charge on any atom is -0.507 e. The van der Waals surface area contributed by atoms with Gasteiger partial charge in [0.05, 0.1) is 17.1 Å². The molecule has 116 valence electrons. The summed E-state index contributed by atoms with van der Waals surface area (Å²) in [6.45, 7) is 2.11. The summed E-state index contributed by atoms with van der Waals surface area (Å²) in [4.78, 5) is 15.4. The van der Waals surface area contributed by atoms with Gasteiger partial charge < -0.3 is 14.7 Å². The number of carbonyl (C=O) groups is 1. The Morgan fingerprint density at radius 2 is 1.91 bits per heavy atom. The van der Waals surface area contributed by atoms with Crippen molar-refractivity contribution in [2.75, 3.05) is 25.6 Å². The van der Waals surface area contributed by atoms with Gasteiger partial charge in [-0.1, -0.05) is 23.9 Å². The lowest BCUT2D eigenvalue weighted by molar-refractivity contribution is 0.0522. The van der Waals surface area contributed by atoms with Crippen LogP contribution in [0, 0.1) is 0 Å². The summed E-state index contributed by atoms with van der Waals surface area (Å²) < 4.78 is 5.07. The fourth-order valence-electron chi connectivity index (χ4n) is 1.92. The van der Waals surface area contributed by atoms with Gasteiger partial charge in [-0.25, -0.2) is 4.79 Å². The molecule has 0 atom stereocenters. The van der Waals surface area contributed by atoms with E-state index in [-0.39, 0.29) is 11.7 Å². The van der Waals surface area contributed by atoms with Gasteiger partial charge in [-0.15, -0.1) is 0 Å². The maximum atomic E-state index is 12.0. The summed E-state index contributed by atoms with van der Waals surface area (Å²) in [7, 11) is 3.83. The predicted octanol–water partition coefficient (Wildman–Crippen LogP) is 3.79. The molecular weight excluding hydrogens is 298 g/mol. The van der Waals surface area contributed by atoms with E-state index in [0.29, 0.717) is 17.1 Å². The van der Waals surface area contributed by atoms with Crippen molar-refractivity contribution in [2.24, 2.45) is 0 Å². The quantitative estimate of drug-likeness (QED) is 0.850. The molecule has 0 aliphatic carbocycles. The zero-order valence-electron chi connectivity index (χ0n) is 12.9. The smallest absolute Gasteiger partial charge is 0.339 e. The van der Waals surface area contributed by atoms with Crippen molar-refractivity contribution in [3.8, 4) is 5.75 Å². The van der Waals surface area contributed by atoms with Crippen LogP contribution in [0.4, 0.5) is 5.69 Å². The first kappa shape index (κ1) is 16.2. The average molecular weight is 317 g/mol. The summed E-state index contributed by atoms with van der Waals surface area (Å²) in [5.41, 5.74) is 1.42. The molecule has 1 N–H and O–H groups in total. The molecule has 5 heteroatoms. The number of rotatable bonds is 5. The number of esters is 1. The number of hydrogen-bond acceptors (Lipinski definition) is 5. The molecule has 0 aliphatic rings. The third-order valence-electron chi connectivity index (χ3n) is 3.06. The highest BCUT2D eigenvalue weighted by Gasteiger charge is 2.14. The second-order valence-corrected chi connectivity index (χ2v) is 5.95. The molecule has 0 spiro atoms. The van der Waals surface area contributed by atoms with E-state index in [1.165, 1.54) is 11.8 Å². The van der Waals surface area contributed by atoms with Crippen LogP contribution in [0.3, 0.4) is 0 Å². The SMILES string of the molecule is CCOC(=O)c1ccccc1Sc1ccc(N(C)C)cc1O. The highest BCUT2D eigenvalue weighted by molar-refractivity contribution is 7.99. The Kier molecular flexibility index (Phi) is 5.33. The summed E-state index contributed by atoms with van der Waals surface area (Å²) >= 11 is 1.35. The van der Waals surface area contributed by atoms with E-state index in [0.717, 1.165) is 10.6 Å². The number of nitrogens with zero attached hydrogens (tertiary/aromatic N) is 1. The molecule has 4 nitrogen and oxygen atoms in total. The van der Waals surface area contributed by atoms with Crippen LogP contribution >= 0.6 is 11.8 Å². The molecule has 0 saturated heterocycles. The lowest BCUT2D eigenvalue weighted by atomic mass is 10.2. The molecule has 2 aromatic carbocycles. The highest BCUT2D eigenvalue weighted by Crippen LogP contribution is 2.37. The van der Waals surface area contributed by atoms with Gasteiger partial charge in [0.15, 0.2) is 0 Å². The van der Waals surface area contributed by atoms with Gasteiger partial charge in [-0.3, -0.25) is 0 Å². The highest BCUT2D eigenvalue weighted by atomic mass is 32.2. The lowest BCUT2D eigenvalue weighted by Gasteiger charge is -2.14. The zero-order valence-corrected chi connectivity index (χ0v) is 13.7. The molecule has 22 heavy (non-hydrogen) atoms. The van der Waals surface area contributed by atoms with E-state index >= 15 is 0 Å². The maximum Gasteiger partial charge on any atom is 0.339 e. The van der Waals surface area contributed by atoms with Crippen molar-refractivity contribution in [1.82, 2.24) is 0 Å². The van der Waals surface area contributed by atoms with Crippen LogP contribution in [-0.2, 0) is 4.74 Å². The summed E-state index contributed by atoms with van der Waals surface area (Å²) in [6, 6.07) is 12.7. The fraction of sp³-hybridized carbons (Fsp3) is 0.235. The van der Waals surface area contributed by atoms with E-state index in [4.69, 9.17) is 4.74 Å². The first-order valence-electron chi connectivity index (χ1n) is 6.97. The second-order valence-electron chi connectivity index (χ2n) is 4.87. The number of hydrogen-bond donors (Lipinski definition) is 1. The Morgan fingerprint density at radius 3 is 2.55 bits per heavy atom. The maximum absolute atomic E-state index is 12.0. The van der Waals surface area contributed by atoms with Crippen molar-refractivity contribution in [3.05, 3.63) is 48.0 Å². The Bertz CT molecular complexity index is 671. The van der Waals surface area contributed by atoms with Crippen LogP contribution in [0.15, 0.2) is 52.3 Å². The topological polar surface area (TPSA) is 49.8 Å². The van der Waals surface area contributed by atoms with Crippen LogP contribution in [-0.4, -0.2) is 31.8 Å². The van der Waals surface area contributed by atoms with Crippen LogP contribution in [0.25, 0.3) is 0 Å². The summed E-state index contributed by atoms with van der Waals surface area (Å²) in [6.07, 6.45) is 0. The number of phenols is 1. The van der Waals surface area contributed by atoms with Crippen LogP contribution in [0.5, 0.6) is 5.75 Å². The molecule has 2 rings (SSSR count). The van der Waals surface area contributed by atoms with Gasteiger partial charge >= 0.3 is 5.97 Å². The first-order valence-corrected chi connectivity index (χ1v) is 7.79. The fourth-order valence-corrected chi connectivity index (χ4v) is 2.87. The Hall–Kier alpha value is -2.14. The van der Waals surface area contributed by atoms with E-state index in [2.05, 4.69) is 0 Å². The van der Waals surface area contributed by atoms with Gasteiger partial charge in [-0.2, -0.15) is 0 Å². The number of anilines is 1. The number of ether oxygens (including phenoxy) is 1. The Labute approximate surface area is 134 Å². The largest absolute Gasteiger partial charge is 0.507 e. The van der Waals surface area contributed by atoms with Gasteiger partial charge in [0, 0.05) is 30.7 Å². The number of aromatic hydroxyl groups is 1. The Morgan fingerprint density at radius 1 is 1.18 bits per heavy atom. The third kappa shape index (κ3) is 3.74. The van der Waals surface area contributed by atoms with Gasteiger partial charge in [0.2, 0.25) is 0 Å².